The summed E-state index contributed by atoms with van der Waals surface area (Å²) in [4.78, 5) is 8.49. The number of thiocarbonyl (C=S) groups is 1. The zero-order valence-electron chi connectivity index (χ0n) is 2.72. The van der Waals surface area contributed by atoms with Crippen molar-refractivity contribution in [3.05, 3.63) is 0 Å². The molecule has 1 fully saturated rings. The summed E-state index contributed by atoms with van der Waals surface area (Å²) < 4.78 is 0. The largest absolute Gasteiger partial charge is 0.349 e. The molecule has 0 spiro atoms. The molecule has 0 amide bonds. The minimum absolute atomic E-state index is 0.204. The zero-order chi connectivity index (χ0) is 4.41. The predicted octanol–water partition coefficient (Wildman–Crippen LogP) is -0.758. The quantitative estimate of drug-likeness (QED) is 0.397. The standard InChI is InChI=1S/CH2N2O2S/c6-1-2-5-3-4-1/h3H,(H,2,6). The summed E-state index contributed by atoms with van der Waals surface area (Å²) in [6.07, 6.45) is 0. The van der Waals surface area contributed by atoms with Gasteiger partial charge >= 0.3 is 5.17 Å². The molecule has 2 N–H and O–H groups in total. The second-order valence-electron chi connectivity index (χ2n) is 0.677. The average molecular weight is 106 g/mol. The molecule has 1 aliphatic heterocycles. The Morgan fingerprint density at radius 2 is 2.50 bits per heavy atom. The maximum Gasteiger partial charge on any atom is 0.306 e. The molecular weight excluding hydrogens is 104 g/mol. The van der Waals surface area contributed by atoms with Gasteiger partial charge in [-0.05, 0) is 17.9 Å². The molecule has 5 heteroatoms. The topological polar surface area (TPSA) is 42.5 Å². The van der Waals surface area contributed by atoms with Gasteiger partial charge < -0.3 is 4.84 Å². The molecule has 0 aromatic carbocycles. The summed E-state index contributed by atoms with van der Waals surface area (Å²) in [6.45, 7) is 0. The Morgan fingerprint density at radius 1 is 1.67 bits per heavy atom. The fourth-order valence-corrected chi connectivity index (χ4v) is 0.218. The molecule has 1 saturated heterocycles. The van der Waals surface area contributed by atoms with E-state index in [4.69, 9.17) is 0 Å². The summed E-state index contributed by atoms with van der Waals surface area (Å²) in [5.74, 6) is 0. The van der Waals surface area contributed by atoms with Crippen LogP contribution in [0.5, 0.6) is 0 Å². The van der Waals surface area contributed by atoms with Crippen LogP contribution < -0.4 is 11.1 Å². The van der Waals surface area contributed by atoms with Gasteiger partial charge in [-0.25, -0.2) is 5.48 Å². The molecule has 0 bridgehead atoms. The summed E-state index contributed by atoms with van der Waals surface area (Å²) in [5.41, 5.74) is 4.24. The number of hydroxylamine groups is 1. The molecular formula is CH2N2O2S. The molecule has 0 radical (unpaired) electrons. The maximum atomic E-state index is 4.40. The lowest BCUT2D eigenvalue weighted by molar-refractivity contribution is -0.0817. The summed E-state index contributed by atoms with van der Waals surface area (Å²) in [7, 11) is 0. The fraction of sp³-hybridized carbons (Fsp3) is 0. The van der Waals surface area contributed by atoms with E-state index in [1.165, 1.54) is 0 Å². The molecule has 0 saturated carbocycles. The highest BCUT2D eigenvalue weighted by Gasteiger charge is 2.02. The Kier molecular flexibility index (Phi) is 0.868. The number of hydrogen-bond donors (Lipinski definition) is 2. The van der Waals surface area contributed by atoms with Crippen molar-refractivity contribution in [2.75, 3.05) is 0 Å². The van der Waals surface area contributed by atoms with Gasteiger partial charge in [-0.1, -0.05) is 0 Å². The van der Waals surface area contributed by atoms with Crippen LogP contribution in [0, 0.1) is 0 Å². The predicted molar refractivity (Wildman–Crippen MR) is 21.0 cm³/mol. The van der Waals surface area contributed by atoms with Gasteiger partial charge in [0.05, 0.1) is 0 Å². The molecule has 0 atom stereocenters. The van der Waals surface area contributed by atoms with Crippen LogP contribution in [-0.4, -0.2) is 5.17 Å². The van der Waals surface area contributed by atoms with Crippen molar-refractivity contribution in [1.29, 1.82) is 0 Å². The van der Waals surface area contributed by atoms with Crippen LogP contribution in [0.2, 0.25) is 0 Å². The Bertz CT molecular complexity index is 65.9. The molecule has 0 aromatic rings. The highest BCUT2D eigenvalue weighted by Crippen LogP contribution is 1.77. The first-order chi connectivity index (χ1) is 2.89. The lowest BCUT2D eigenvalue weighted by Crippen LogP contribution is -2.10. The smallest absolute Gasteiger partial charge is 0.306 e. The summed E-state index contributed by atoms with van der Waals surface area (Å²) >= 11 is 4.40. The molecule has 1 aliphatic rings. The van der Waals surface area contributed by atoms with Crippen molar-refractivity contribution in [3.63, 3.8) is 0 Å². The highest BCUT2D eigenvalue weighted by molar-refractivity contribution is 7.80. The van der Waals surface area contributed by atoms with Crippen LogP contribution in [0.3, 0.4) is 0 Å². The fourth-order valence-electron chi connectivity index (χ4n) is 0.142. The molecule has 0 aliphatic carbocycles. The average Bonchev–Trinajstić information content (AvgIpc) is 1.86. The lowest BCUT2D eigenvalue weighted by atomic mass is 11.4. The van der Waals surface area contributed by atoms with E-state index < -0.39 is 0 Å². The van der Waals surface area contributed by atoms with Crippen LogP contribution in [0.25, 0.3) is 0 Å². The van der Waals surface area contributed by atoms with E-state index >= 15 is 0 Å². The number of hydrogen-bond acceptors (Lipinski definition) is 4. The highest BCUT2D eigenvalue weighted by atomic mass is 32.1. The van der Waals surface area contributed by atoms with Gasteiger partial charge in [0.2, 0.25) is 0 Å². The van der Waals surface area contributed by atoms with E-state index in [-0.39, 0.29) is 5.17 Å². The molecule has 0 unspecified atom stereocenters. The summed E-state index contributed by atoms with van der Waals surface area (Å²) in [6, 6.07) is 0. The maximum absolute atomic E-state index is 4.40. The third-order valence-corrected chi connectivity index (χ3v) is 0.477. The van der Waals surface area contributed by atoms with Gasteiger partial charge in [0.1, 0.15) is 0 Å². The SMILES string of the molecule is S=C1NONO1. The van der Waals surface area contributed by atoms with Crippen LogP contribution in [0.4, 0.5) is 0 Å². The number of nitrogens with one attached hydrogen (secondary N) is 2. The zero-order valence-corrected chi connectivity index (χ0v) is 3.54. The van der Waals surface area contributed by atoms with E-state index in [1.807, 2.05) is 5.64 Å². The van der Waals surface area contributed by atoms with Gasteiger partial charge in [-0.2, -0.15) is 0 Å². The van der Waals surface area contributed by atoms with E-state index in [1.54, 1.807) is 0 Å². The van der Waals surface area contributed by atoms with Crippen LogP contribution >= 0.6 is 12.2 Å². The van der Waals surface area contributed by atoms with Gasteiger partial charge in [0.15, 0.2) is 0 Å². The van der Waals surface area contributed by atoms with Crippen LogP contribution in [0.15, 0.2) is 0 Å². The molecule has 4 nitrogen and oxygen atoms in total. The molecule has 1 rings (SSSR count). The third kappa shape index (κ3) is 0.563. The van der Waals surface area contributed by atoms with E-state index in [0.717, 1.165) is 0 Å². The molecule has 0 aromatic heterocycles. The molecule has 6 heavy (non-hydrogen) atoms. The van der Waals surface area contributed by atoms with Gasteiger partial charge in [-0.3, -0.25) is 0 Å². The van der Waals surface area contributed by atoms with Crippen molar-refractivity contribution >= 4 is 17.4 Å². The Morgan fingerprint density at radius 3 is 2.67 bits per heavy atom. The van der Waals surface area contributed by atoms with Gasteiger partial charge in [0, 0.05) is 0 Å². The van der Waals surface area contributed by atoms with Gasteiger partial charge in [0.25, 0.3) is 0 Å². The Labute approximate surface area is 39.3 Å². The van der Waals surface area contributed by atoms with Crippen LogP contribution in [0.1, 0.15) is 0 Å². The minimum atomic E-state index is 0.204. The van der Waals surface area contributed by atoms with Crippen LogP contribution in [-0.2, 0) is 9.78 Å². The first-order valence-corrected chi connectivity index (χ1v) is 1.68. The molecule has 34 valence electrons. The van der Waals surface area contributed by atoms with Crippen molar-refractivity contribution in [1.82, 2.24) is 11.1 Å². The van der Waals surface area contributed by atoms with Gasteiger partial charge in [-0.15, -0.1) is 4.94 Å². The first kappa shape index (κ1) is 3.79. The monoisotopic (exact) mass is 106 g/mol. The molecule has 1 heterocycles. The van der Waals surface area contributed by atoms with E-state index in [0.29, 0.717) is 0 Å². The summed E-state index contributed by atoms with van der Waals surface area (Å²) in [5, 5.41) is 0.204. The third-order valence-electron chi connectivity index (χ3n) is 0.310. The van der Waals surface area contributed by atoms with E-state index in [9.17, 15) is 0 Å². The van der Waals surface area contributed by atoms with Crippen molar-refractivity contribution < 1.29 is 9.78 Å². The Hall–Kier alpha value is -0.390. The van der Waals surface area contributed by atoms with Crippen molar-refractivity contribution in [3.8, 4) is 0 Å². The lowest BCUT2D eigenvalue weighted by Gasteiger charge is -1.78. The normalized spacial score (nSPS) is 19.7. The first-order valence-electron chi connectivity index (χ1n) is 1.27. The minimum Gasteiger partial charge on any atom is -0.349 e. The Balaban J connectivity index is 2.37. The van der Waals surface area contributed by atoms with Crippen molar-refractivity contribution in [2.24, 2.45) is 0 Å². The second-order valence-corrected chi connectivity index (χ2v) is 1.05. The van der Waals surface area contributed by atoms with E-state index in [2.05, 4.69) is 27.5 Å². The number of rotatable bonds is 0. The van der Waals surface area contributed by atoms with Crippen molar-refractivity contribution in [2.45, 2.75) is 0 Å². The second kappa shape index (κ2) is 1.38.